The minimum absolute atomic E-state index is 0.0846. The first-order valence-electron chi connectivity index (χ1n) is 8.82. The van der Waals surface area contributed by atoms with Gasteiger partial charge in [0.1, 0.15) is 0 Å². The zero-order chi connectivity index (χ0) is 19.9. The molecule has 1 amide bonds. The van der Waals surface area contributed by atoms with Gasteiger partial charge in [-0.25, -0.2) is 4.79 Å². The highest BCUT2D eigenvalue weighted by Gasteiger charge is 2.42. The number of rotatable bonds is 4. The average Bonchev–Trinajstić information content (AvgIpc) is 3.23. The van der Waals surface area contributed by atoms with E-state index in [1.165, 1.54) is 12.8 Å². The van der Waals surface area contributed by atoms with Crippen molar-refractivity contribution in [2.24, 2.45) is 0 Å². The van der Waals surface area contributed by atoms with Crippen molar-refractivity contribution >= 4 is 11.9 Å². The third-order valence-corrected chi connectivity index (χ3v) is 4.70. The third-order valence-electron chi connectivity index (χ3n) is 4.70. The zero-order valence-corrected chi connectivity index (χ0v) is 14.8. The molecule has 1 saturated carbocycles. The summed E-state index contributed by atoms with van der Waals surface area (Å²) in [5.74, 6) is -2.63. The topological polar surface area (TPSA) is 88.5 Å². The van der Waals surface area contributed by atoms with Gasteiger partial charge in [-0.2, -0.15) is 13.2 Å². The number of carboxylic acids is 1. The fourth-order valence-corrected chi connectivity index (χ4v) is 3.41. The average molecular weight is 388 g/mol. The first kappa shape index (κ1) is 21.1. The third kappa shape index (κ3) is 6.82. The van der Waals surface area contributed by atoms with Gasteiger partial charge >= 0.3 is 12.1 Å². The maximum atomic E-state index is 12.0. The van der Waals surface area contributed by atoms with Crippen LogP contribution in [0, 0.1) is 0 Å². The molecule has 3 rings (SSSR count). The van der Waals surface area contributed by atoms with Crippen LogP contribution in [0.3, 0.4) is 0 Å². The van der Waals surface area contributed by atoms with E-state index in [1.54, 1.807) is 6.20 Å². The molecule has 150 valence electrons. The predicted octanol–water partition coefficient (Wildman–Crippen LogP) is 2.87. The number of pyridine rings is 1. The lowest BCUT2D eigenvalue weighted by Gasteiger charge is -2.21. The summed E-state index contributed by atoms with van der Waals surface area (Å²) in [6, 6.07) is 4.11. The molecule has 6 nitrogen and oxygen atoms in total. The Morgan fingerprint density at radius 1 is 1.33 bits per heavy atom. The van der Waals surface area contributed by atoms with Crippen LogP contribution in [0.2, 0.25) is 0 Å². The number of hydrogen-bond acceptors (Lipinski definition) is 4. The standard InChI is InChI=1S/C16H22N2O2.C2HF3O2/c19-15(6-5-13-4-3-9-17-11-13)18-14-10-16(20-12-14)7-1-2-8-16;3-2(4,5)1(6)7/h3-4,9,11,14H,1-2,5-8,10,12H2,(H,18,19);(H,6,7). The van der Waals surface area contributed by atoms with E-state index in [9.17, 15) is 18.0 Å². The molecule has 1 aliphatic heterocycles. The van der Waals surface area contributed by atoms with Crippen molar-refractivity contribution in [1.29, 1.82) is 0 Å². The highest BCUT2D eigenvalue weighted by Crippen LogP contribution is 2.40. The number of carbonyl (C=O) groups is 2. The van der Waals surface area contributed by atoms with E-state index in [2.05, 4.69) is 10.3 Å². The highest BCUT2D eigenvalue weighted by atomic mass is 19.4. The second-order valence-corrected chi connectivity index (χ2v) is 6.83. The van der Waals surface area contributed by atoms with Crippen LogP contribution >= 0.6 is 0 Å². The number of carboxylic acid groups (broad SMARTS) is 1. The molecular formula is C18H23F3N2O4. The molecule has 1 atom stereocenters. The first-order valence-corrected chi connectivity index (χ1v) is 8.82. The van der Waals surface area contributed by atoms with Crippen molar-refractivity contribution in [1.82, 2.24) is 10.3 Å². The maximum absolute atomic E-state index is 12.0. The summed E-state index contributed by atoms with van der Waals surface area (Å²) in [5, 5.41) is 10.2. The zero-order valence-electron chi connectivity index (χ0n) is 14.8. The first-order chi connectivity index (χ1) is 12.7. The van der Waals surface area contributed by atoms with E-state index >= 15 is 0 Å². The van der Waals surface area contributed by atoms with Gasteiger partial charge in [0.2, 0.25) is 5.91 Å². The van der Waals surface area contributed by atoms with Crippen molar-refractivity contribution in [3.63, 3.8) is 0 Å². The van der Waals surface area contributed by atoms with E-state index in [0.29, 0.717) is 13.0 Å². The fourth-order valence-electron chi connectivity index (χ4n) is 3.41. The molecule has 2 N–H and O–H groups in total. The van der Waals surface area contributed by atoms with Gasteiger partial charge in [0.05, 0.1) is 18.2 Å². The van der Waals surface area contributed by atoms with Crippen LogP contribution in [0.15, 0.2) is 24.5 Å². The van der Waals surface area contributed by atoms with Gasteiger partial charge in [0.25, 0.3) is 0 Å². The molecule has 9 heteroatoms. The van der Waals surface area contributed by atoms with Crippen molar-refractivity contribution in [2.75, 3.05) is 6.61 Å². The molecule has 1 aromatic rings. The van der Waals surface area contributed by atoms with Gasteiger partial charge in [-0.15, -0.1) is 0 Å². The van der Waals surface area contributed by atoms with Crippen LogP contribution in [0.1, 0.15) is 44.1 Å². The minimum Gasteiger partial charge on any atom is -0.475 e. The Kier molecular flexibility index (Phi) is 7.18. The lowest BCUT2D eigenvalue weighted by molar-refractivity contribution is -0.192. The molecule has 27 heavy (non-hydrogen) atoms. The number of alkyl halides is 3. The van der Waals surface area contributed by atoms with Crippen molar-refractivity contribution in [2.45, 2.75) is 62.8 Å². The molecule has 1 spiro atoms. The van der Waals surface area contributed by atoms with Gasteiger partial charge in [-0.3, -0.25) is 9.78 Å². The summed E-state index contributed by atoms with van der Waals surface area (Å²) in [6.07, 6.45) is 5.60. The van der Waals surface area contributed by atoms with Crippen molar-refractivity contribution < 1.29 is 32.6 Å². The second kappa shape index (κ2) is 9.16. The summed E-state index contributed by atoms with van der Waals surface area (Å²) < 4.78 is 37.7. The predicted molar refractivity (Wildman–Crippen MR) is 89.9 cm³/mol. The number of aromatic nitrogens is 1. The summed E-state index contributed by atoms with van der Waals surface area (Å²) in [5.41, 5.74) is 1.19. The number of nitrogens with zero attached hydrogens (tertiary/aromatic N) is 1. The molecule has 0 bridgehead atoms. The van der Waals surface area contributed by atoms with Gasteiger partial charge in [0.15, 0.2) is 0 Å². The monoisotopic (exact) mass is 388 g/mol. The van der Waals surface area contributed by atoms with Crippen LogP contribution in [0.25, 0.3) is 0 Å². The van der Waals surface area contributed by atoms with E-state index in [-0.39, 0.29) is 17.6 Å². The van der Waals surface area contributed by atoms with Gasteiger partial charge < -0.3 is 15.2 Å². The van der Waals surface area contributed by atoms with Crippen LogP contribution < -0.4 is 5.32 Å². The largest absolute Gasteiger partial charge is 0.490 e. The smallest absolute Gasteiger partial charge is 0.475 e. The van der Waals surface area contributed by atoms with Gasteiger partial charge in [0, 0.05) is 18.8 Å². The quantitative estimate of drug-likeness (QED) is 0.828. The Balaban J connectivity index is 0.000000321. The van der Waals surface area contributed by atoms with E-state index in [0.717, 1.165) is 31.2 Å². The minimum atomic E-state index is -5.08. The Morgan fingerprint density at radius 2 is 2.00 bits per heavy atom. The number of nitrogens with one attached hydrogen (secondary N) is 1. The summed E-state index contributed by atoms with van der Waals surface area (Å²) in [7, 11) is 0. The summed E-state index contributed by atoms with van der Waals surface area (Å²) >= 11 is 0. The summed E-state index contributed by atoms with van der Waals surface area (Å²) in [4.78, 5) is 24.9. The van der Waals surface area contributed by atoms with Crippen molar-refractivity contribution in [3.8, 4) is 0 Å². The Hall–Kier alpha value is -2.16. The summed E-state index contributed by atoms with van der Waals surface area (Å²) in [6.45, 7) is 0.679. The lowest BCUT2D eigenvalue weighted by Crippen LogP contribution is -2.36. The molecule has 2 fully saturated rings. The van der Waals surface area contributed by atoms with Crippen LogP contribution in [-0.2, 0) is 20.7 Å². The van der Waals surface area contributed by atoms with Gasteiger partial charge in [-0.1, -0.05) is 18.9 Å². The molecule has 1 unspecified atom stereocenters. The number of ether oxygens (including phenoxy) is 1. The molecule has 1 aromatic heterocycles. The lowest BCUT2D eigenvalue weighted by atomic mass is 9.96. The van der Waals surface area contributed by atoms with Crippen LogP contribution in [-0.4, -0.2) is 46.4 Å². The van der Waals surface area contributed by atoms with Crippen LogP contribution in [0.5, 0.6) is 0 Å². The molecule has 2 aliphatic rings. The molecular weight excluding hydrogens is 365 g/mol. The normalized spacial score (nSPS) is 20.8. The second-order valence-electron chi connectivity index (χ2n) is 6.83. The number of amides is 1. The Bertz CT molecular complexity index is 631. The van der Waals surface area contributed by atoms with Crippen molar-refractivity contribution in [3.05, 3.63) is 30.1 Å². The number of halogens is 3. The fraction of sp³-hybridized carbons (Fsp3) is 0.611. The Labute approximate surface area is 155 Å². The number of aliphatic carboxylic acids is 1. The molecule has 2 heterocycles. The van der Waals surface area contributed by atoms with Gasteiger partial charge in [-0.05, 0) is 37.3 Å². The maximum Gasteiger partial charge on any atom is 0.490 e. The SMILES string of the molecule is O=C(CCc1cccnc1)NC1COC2(CCCC2)C1.O=C(O)C(F)(F)F. The molecule has 0 aromatic carbocycles. The van der Waals surface area contributed by atoms with E-state index in [1.807, 2.05) is 18.3 Å². The molecule has 1 aliphatic carbocycles. The molecule has 0 radical (unpaired) electrons. The molecule has 1 saturated heterocycles. The van der Waals surface area contributed by atoms with Crippen LogP contribution in [0.4, 0.5) is 13.2 Å². The highest BCUT2D eigenvalue weighted by molar-refractivity contribution is 5.76. The number of aryl methyl sites for hydroxylation is 1. The van der Waals surface area contributed by atoms with E-state index < -0.39 is 12.1 Å². The number of carbonyl (C=O) groups excluding carboxylic acids is 1. The van der Waals surface area contributed by atoms with E-state index in [4.69, 9.17) is 14.6 Å². The Morgan fingerprint density at radius 3 is 2.56 bits per heavy atom. The number of hydrogen-bond donors (Lipinski definition) is 2.